The summed E-state index contributed by atoms with van der Waals surface area (Å²) in [6.45, 7) is 2.65. The van der Waals surface area contributed by atoms with Crippen molar-refractivity contribution in [1.29, 1.82) is 5.26 Å². The average Bonchev–Trinajstić information content (AvgIpc) is 2.40. The summed E-state index contributed by atoms with van der Waals surface area (Å²) in [6, 6.07) is 5.79. The second kappa shape index (κ2) is 5.65. The van der Waals surface area contributed by atoms with Crippen molar-refractivity contribution >= 4 is 5.82 Å². The lowest BCUT2D eigenvalue weighted by Gasteiger charge is -2.28. The number of nitrogens with zero attached hydrogens (tertiary/aromatic N) is 3. The van der Waals surface area contributed by atoms with Crippen molar-refractivity contribution in [3.63, 3.8) is 0 Å². The molecule has 0 aliphatic carbocycles. The molecule has 0 atom stereocenters. The number of ether oxygens (including phenoxy) is 1. The molecule has 4 nitrogen and oxygen atoms in total. The number of aromatic nitrogens is 1. The van der Waals surface area contributed by atoms with Crippen LogP contribution in [0.25, 0.3) is 0 Å². The van der Waals surface area contributed by atoms with Crippen molar-refractivity contribution in [1.82, 2.24) is 4.98 Å². The maximum Gasteiger partial charge on any atom is 0.146 e. The Morgan fingerprint density at radius 2 is 2.29 bits per heavy atom. The first kappa shape index (κ1) is 11.9. The van der Waals surface area contributed by atoms with Crippen LogP contribution < -0.4 is 4.90 Å². The fourth-order valence-electron chi connectivity index (χ4n) is 2.19. The molecule has 17 heavy (non-hydrogen) atoms. The van der Waals surface area contributed by atoms with E-state index in [1.54, 1.807) is 12.3 Å². The van der Waals surface area contributed by atoms with E-state index in [0.29, 0.717) is 11.5 Å². The molecule has 0 N–H and O–H groups in total. The van der Waals surface area contributed by atoms with Gasteiger partial charge in [-0.25, -0.2) is 4.98 Å². The molecule has 0 radical (unpaired) electrons. The summed E-state index contributed by atoms with van der Waals surface area (Å²) in [5, 5.41) is 9.04. The predicted molar refractivity (Wildman–Crippen MR) is 65.8 cm³/mol. The third-order valence-corrected chi connectivity index (χ3v) is 3.14. The number of pyridine rings is 1. The minimum Gasteiger partial charge on any atom is -0.381 e. The summed E-state index contributed by atoms with van der Waals surface area (Å²) in [5.74, 6) is 1.42. The van der Waals surface area contributed by atoms with Crippen LogP contribution in [0.3, 0.4) is 0 Å². The van der Waals surface area contributed by atoms with E-state index in [-0.39, 0.29) is 0 Å². The molecule has 1 fully saturated rings. The second-order valence-corrected chi connectivity index (χ2v) is 4.42. The number of hydrogen-bond donors (Lipinski definition) is 0. The zero-order chi connectivity index (χ0) is 12.1. The minimum absolute atomic E-state index is 0.641. The van der Waals surface area contributed by atoms with E-state index in [4.69, 9.17) is 10.00 Å². The Hall–Kier alpha value is -1.60. The van der Waals surface area contributed by atoms with Gasteiger partial charge in [0.1, 0.15) is 11.9 Å². The molecule has 4 heteroatoms. The van der Waals surface area contributed by atoms with E-state index < -0.39 is 0 Å². The van der Waals surface area contributed by atoms with Crippen molar-refractivity contribution in [2.75, 3.05) is 31.7 Å². The van der Waals surface area contributed by atoms with Crippen LogP contribution in [-0.4, -0.2) is 31.8 Å². The molecule has 0 spiro atoms. The monoisotopic (exact) mass is 231 g/mol. The molecule has 1 aliphatic rings. The number of nitriles is 1. The van der Waals surface area contributed by atoms with Crippen molar-refractivity contribution < 1.29 is 4.74 Å². The molecule has 0 amide bonds. The molecule has 90 valence electrons. The summed E-state index contributed by atoms with van der Waals surface area (Å²) in [7, 11) is 2.00. The Morgan fingerprint density at radius 1 is 1.53 bits per heavy atom. The quantitative estimate of drug-likeness (QED) is 0.796. The zero-order valence-electron chi connectivity index (χ0n) is 10.1. The largest absolute Gasteiger partial charge is 0.381 e. The smallest absolute Gasteiger partial charge is 0.146 e. The van der Waals surface area contributed by atoms with Gasteiger partial charge in [-0.05, 0) is 30.9 Å². The van der Waals surface area contributed by atoms with Gasteiger partial charge in [-0.1, -0.05) is 0 Å². The van der Waals surface area contributed by atoms with Gasteiger partial charge in [0.15, 0.2) is 0 Å². The van der Waals surface area contributed by atoms with E-state index >= 15 is 0 Å². The Balaban J connectivity index is 2.03. The Bertz CT molecular complexity index is 407. The van der Waals surface area contributed by atoms with Gasteiger partial charge in [0.2, 0.25) is 0 Å². The molecular weight excluding hydrogens is 214 g/mol. The van der Waals surface area contributed by atoms with E-state index in [9.17, 15) is 0 Å². The first-order chi connectivity index (χ1) is 8.31. The van der Waals surface area contributed by atoms with Gasteiger partial charge >= 0.3 is 0 Å². The molecule has 1 aromatic heterocycles. The highest BCUT2D eigenvalue weighted by Crippen LogP contribution is 2.20. The lowest BCUT2D eigenvalue weighted by molar-refractivity contribution is 0.0685. The molecule has 2 heterocycles. The van der Waals surface area contributed by atoms with Crippen LogP contribution in [0.5, 0.6) is 0 Å². The van der Waals surface area contributed by atoms with Crippen molar-refractivity contribution in [3.05, 3.63) is 23.9 Å². The van der Waals surface area contributed by atoms with Gasteiger partial charge in [-0.2, -0.15) is 5.26 Å². The van der Waals surface area contributed by atoms with Crippen LogP contribution in [0.2, 0.25) is 0 Å². The zero-order valence-corrected chi connectivity index (χ0v) is 10.1. The van der Waals surface area contributed by atoms with Crippen LogP contribution in [0, 0.1) is 17.2 Å². The molecule has 0 unspecified atom stereocenters. The van der Waals surface area contributed by atoms with E-state index in [1.165, 1.54) is 0 Å². The van der Waals surface area contributed by atoms with Gasteiger partial charge in [-0.15, -0.1) is 0 Å². The summed E-state index contributed by atoms with van der Waals surface area (Å²) in [6.07, 6.45) is 3.93. The van der Waals surface area contributed by atoms with Crippen molar-refractivity contribution in [3.8, 4) is 6.07 Å². The normalized spacial score (nSPS) is 16.5. The van der Waals surface area contributed by atoms with Gasteiger partial charge in [0.25, 0.3) is 0 Å². The average molecular weight is 231 g/mol. The maximum absolute atomic E-state index is 9.04. The number of rotatable bonds is 3. The third kappa shape index (κ3) is 2.95. The fraction of sp³-hybridized carbons (Fsp3) is 0.538. The Morgan fingerprint density at radius 3 is 3.00 bits per heavy atom. The summed E-state index contributed by atoms with van der Waals surface area (Å²) in [5.41, 5.74) is 0.641. The van der Waals surface area contributed by atoms with Gasteiger partial charge in [-0.3, -0.25) is 0 Å². The number of hydrogen-bond acceptors (Lipinski definition) is 4. The van der Waals surface area contributed by atoms with Crippen molar-refractivity contribution in [2.45, 2.75) is 12.8 Å². The lowest BCUT2D eigenvalue weighted by Crippen LogP contribution is -2.30. The Labute approximate surface area is 102 Å². The minimum atomic E-state index is 0.641. The van der Waals surface area contributed by atoms with Gasteiger partial charge in [0, 0.05) is 33.0 Å². The lowest BCUT2D eigenvalue weighted by atomic mass is 10.00. The fourth-order valence-corrected chi connectivity index (χ4v) is 2.19. The van der Waals surface area contributed by atoms with Crippen molar-refractivity contribution in [2.24, 2.45) is 5.92 Å². The van der Waals surface area contributed by atoms with Crippen LogP contribution in [-0.2, 0) is 4.74 Å². The highest BCUT2D eigenvalue weighted by Gasteiger charge is 2.17. The standard InChI is InChI=1S/C13H17N3O/c1-16(10-11-4-7-17-8-5-11)13-12(9-14)3-2-6-15-13/h2-3,6,11H,4-5,7-8,10H2,1H3. The van der Waals surface area contributed by atoms with E-state index in [0.717, 1.165) is 38.4 Å². The first-order valence-electron chi connectivity index (χ1n) is 5.95. The van der Waals surface area contributed by atoms with E-state index in [2.05, 4.69) is 16.0 Å². The maximum atomic E-state index is 9.04. The summed E-state index contributed by atoms with van der Waals surface area (Å²) < 4.78 is 5.35. The van der Waals surface area contributed by atoms with E-state index in [1.807, 2.05) is 13.1 Å². The van der Waals surface area contributed by atoms with Crippen LogP contribution in [0.1, 0.15) is 18.4 Å². The topological polar surface area (TPSA) is 49.1 Å². The van der Waals surface area contributed by atoms with Gasteiger partial charge < -0.3 is 9.64 Å². The molecule has 1 aliphatic heterocycles. The third-order valence-electron chi connectivity index (χ3n) is 3.14. The SMILES string of the molecule is CN(CC1CCOCC1)c1ncccc1C#N. The van der Waals surface area contributed by atoms with Crippen LogP contribution in [0.15, 0.2) is 18.3 Å². The first-order valence-corrected chi connectivity index (χ1v) is 5.95. The van der Waals surface area contributed by atoms with Gasteiger partial charge in [0.05, 0.1) is 5.56 Å². The highest BCUT2D eigenvalue weighted by atomic mass is 16.5. The molecule has 2 rings (SSSR count). The molecule has 0 saturated carbocycles. The molecule has 0 bridgehead atoms. The van der Waals surface area contributed by atoms with Crippen LogP contribution in [0.4, 0.5) is 5.82 Å². The Kier molecular flexibility index (Phi) is 3.94. The number of anilines is 1. The predicted octanol–water partition coefficient (Wildman–Crippen LogP) is 1.82. The molecular formula is C13H17N3O. The highest BCUT2D eigenvalue weighted by molar-refractivity contribution is 5.52. The summed E-state index contributed by atoms with van der Waals surface area (Å²) in [4.78, 5) is 6.37. The molecule has 0 aromatic carbocycles. The second-order valence-electron chi connectivity index (χ2n) is 4.42. The summed E-state index contributed by atoms with van der Waals surface area (Å²) >= 11 is 0. The van der Waals surface area contributed by atoms with Crippen LogP contribution >= 0.6 is 0 Å². The molecule has 1 saturated heterocycles. The molecule has 1 aromatic rings.